The third-order valence-corrected chi connectivity index (χ3v) is 11.8. The van der Waals surface area contributed by atoms with Crippen LogP contribution < -0.4 is 15.4 Å². The summed E-state index contributed by atoms with van der Waals surface area (Å²) in [4.78, 5) is 30.7. The van der Waals surface area contributed by atoms with E-state index in [1.807, 2.05) is 37.3 Å². The SMILES string of the molecule is CCC(NC)c1ncc(-c2ccc3c(c2)OC(C2C=C(OC)C=CC2)n2c-3cc3cc(-c4cnc(C5CCCN5C(O)C(NC(=O)OC)C(C)OC)[nH]4)ccc32)[nH]1. The Morgan fingerprint density at radius 2 is 1.86 bits per heavy atom. The first-order chi connectivity index (χ1) is 27.7. The highest BCUT2D eigenvalue weighted by atomic mass is 16.5. The molecule has 3 aromatic heterocycles. The molecule has 2 aromatic carbocycles. The Morgan fingerprint density at radius 3 is 2.63 bits per heavy atom. The first-order valence-electron chi connectivity index (χ1n) is 19.7. The maximum absolute atomic E-state index is 12.2. The van der Waals surface area contributed by atoms with E-state index in [1.165, 1.54) is 7.11 Å². The highest BCUT2D eigenvalue weighted by molar-refractivity contribution is 5.92. The lowest BCUT2D eigenvalue weighted by molar-refractivity contribution is -0.0700. The van der Waals surface area contributed by atoms with E-state index in [9.17, 15) is 9.90 Å². The van der Waals surface area contributed by atoms with Crippen molar-refractivity contribution in [2.24, 2.45) is 5.92 Å². The van der Waals surface area contributed by atoms with Gasteiger partial charge in [-0.1, -0.05) is 25.1 Å². The van der Waals surface area contributed by atoms with Crippen LogP contribution in [-0.2, 0) is 14.2 Å². The third kappa shape index (κ3) is 7.22. The predicted molar refractivity (Wildman–Crippen MR) is 217 cm³/mol. The van der Waals surface area contributed by atoms with Gasteiger partial charge < -0.3 is 49.2 Å². The number of carbonyl (C=O) groups excluding carboxylic acids is 1. The van der Waals surface area contributed by atoms with Crippen LogP contribution in [0.1, 0.15) is 69.5 Å². The maximum Gasteiger partial charge on any atom is 0.407 e. The monoisotopic (exact) mass is 776 g/mol. The average Bonchev–Trinajstić information content (AvgIpc) is 4.08. The second-order valence-corrected chi connectivity index (χ2v) is 15.0. The number of alkyl carbamates (subject to hydrolysis) is 1. The van der Waals surface area contributed by atoms with Gasteiger partial charge in [-0.05, 0) is 82.1 Å². The number of hydrogen-bond acceptors (Lipinski definition) is 10. The second kappa shape index (κ2) is 16.2. The molecular weight excluding hydrogens is 725 g/mol. The number of H-pyrrole nitrogens is 2. The van der Waals surface area contributed by atoms with Crippen LogP contribution in [0.15, 0.2) is 78.8 Å². The summed E-state index contributed by atoms with van der Waals surface area (Å²) in [5, 5.41) is 18.7. The summed E-state index contributed by atoms with van der Waals surface area (Å²) in [7, 11) is 6.50. The van der Waals surface area contributed by atoms with Crippen molar-refractivity contribution in [3.63, 3.8) is 0 Å². The van der Waals surface area contributed by atoms with Crippen molar-refractivity contribution < 1.29 is 28.8 Å². The van der Waals surface area contributed by atoms with Gasteiger partial charge in [-0.3, -0.25) is 4.90 Å². The second-order valence-electron chi connectivity index (χ2n) is 15.0. The number of allylic oxidation sites excluding steroid dienone is 2. The lowest BCUT2D eigenvalue weighted by atomic mass is 9.95. The van der Waals surface area contributed by atoms with Crippen LogP contribution in [-0.4, -0.2) is 93.9 Å². The Bertz CT molecular complexity index is 2290. The van der Waals surface area contributed by atoms with Crippen molar-refractivity contribution >= 4 is 17.0 Å². The van der Waals surface area contributed by atoms with Gasteiger partial charge in [0, 0.05) is 41.6 Å². The molecule has 7 unspecified atom stereocenters. The minimum atomic E-state index is -1.02. The van der Waals surface area contributed by atoms with E-state index in [0.29, 0.717) is 6.54 Å². The summed E-state index contributed by atoms with van der Waals surface area (Å²) in [6.07, 6.45) is 11.1. The number of likely N-dealkylation sites (tertiary alicyclic amines) is 1. The fourth-order valence-corrected chi connectivity index (χ4v) is 8.59. The van der Waals surface area contributed by atoms with Gasteiger partial charge in [0.15, 0.2) is 6.23 Å². The summed E-state index contributed by atoms with van der Waals surface area (Å²) in [6.45, 7) is 4.59. The fourth-order valence-electron chi connectivity index (χ4n) is 8.59. The van der Waals surface area contributed by atoms with Gasteiger partial charge in [0.1, 0.15) is 29.4 Å². The van der Waals surface area contributed by atoms with Crippen LogP contribution in [0.5, 0.6) is 5.75 Å². The molecule has 0 radical (unpaired) electrons. The van der Waals surface area contributed by atoms with Crippen molar-refractivity contribution in [1.82, 2.24) is 40.0 Å². The van der Waals surface area contributed by atoms with Crippen molar-refractivity contribution in [3.05, 3.63) is 90.5 Å². The highest BCUT2D eigenvalue weighted by Crippen LogP contribution is 2.47. The number of ether oxygens (including phenoxy) is 4. The summed E-state index contributed by atoms with van der Waals surface area (Å²) < 4.78 is 25.3. The number of aromatic nitrogens is 5. The Hall–Kier alpha value is -5.41. The Morgan fingerprint density at radius 1 is 1.07 bits per heavy atom. The molecule has 300 valence electrons. The van der Waals surface area contributed by atoms with E-state index in [2.05, 4.69) is 91.7 Å². The van der Waals surface area contributed by atoms with E-state index >= 15 is 0 Å². The molecule has 14 heteroatoms. The quantitative estimate of drug-likeness (QED) is 0.0844. The maximum atomic E-state index is 12.2. The number of nitrogens with one attached hydrogen (secondary N) is 4. The fraction of sp³-hybridized carbons (Fsp3) is 0.419. The van der Waals surface area contributed by atoms with E-state index in [0.717, 1.165) is 93.5 Å². The number of aliphatic hydroxyl groups is 1. The average molecular weight is 777 g/mol. The highest BCUT2D eigenvalue weighted by Gasteiger charge is 2.40. The number of rotatable bonds is 13. The zero-order valence-corrected chi connectivity index (χ0v) is 33.3. The Balaban J connectivity index is 1.12. The standard InChI is InChI=1S/C43H52N8O6/c1-7-31(44-3)39-45-22-33(47-39)26-13-15-30-36-20-28-18-25(14-16-34(28)51(36)42(57-37(30)21-26)27-10-8-11-29(19-27)55-5)32-23-46-40(48-32)35-12-9-17-50(35)41(52)38(24(2)54-4)49-43(53)56-6/h8,11,13-16,18-24,27,31,35,38,41-42,44,52H,7,9-10,12,17H2,1-6H3,(H,45,47)(H,46,48)(H,49,53). The van der Waals surface area contributed by atoms with Gasteiger partial charge >= 0.3 is 6.09 Å². The van der Waals surface area contributed by atoms with Gasteiger partial charge in [-0.2, -0.15) is 0 Å². The minimum absolute atomic E-state index is 0.0321. The van der Waals surface area contributed by atoms with E-state index < -0.39 is 24.5 Å². The molecule has 57 heavy (non-hydrogen) atoms. The molecule has 1 aliphatic carbocycles. The summed E-state index contributed by atoms with van der Waals surface area (Å²) in [5.74, 6) is 3.34. The third-order valence-electron chi connectivity index (χ3n) is 11.8. The predicted octanol–water partition coefficient (Wildman–Crippen LogP) is 6.97. The van der Waals surface area contributed by atoms with E-state index in [-0.39, 0.29) is 24.2 Å². The molecule has 1 fully saturated rings. The summed E-state index contributed by atoms with van der Waals surface area (Å²) in [6, 6.07) is 14.4. The number of fused-ring (bicyclic) bond motifs is 5. The molecule has 1 saturated heterocycles. The molecule has 5 heterocycles. The Labute approximate surface area is 332 Å². The van der Waals surface area contributed by atoms with Gasteiger partial charge in [0.25, 0.3) is 0 Å². The van der Waals surface area contributed by atoms with Crippen LogP contribution in [0, 0.1) is 5.92 Å². The zero-order valence-electron chi connectivity index (χ0n) is 33.3. The van der Waals surface area contributed by atoms with Crippen molar-refractivity contribution in [3.8, 4) is 39.5 Å². The first kappa shape index (κ1) is 38.5. The molecule has 8 rings (SSSR count). The van der Waals surface area contributed by atoms with Crippen molar-refractivity contribution in [2.45, 2.75) is 76.2 Å². The van der Waals surface area contributed by atoms with Crippen molar-refractivity contribution in [1.29, 1.82) is 0 Å². The van der Waals surface area contributed by atoms with Crippen molar-refractivity contribution in [2.75, 3.05) is 34.9 Å². The van der Waals surface area contributed by atoms with Crippen LogP contribution >= 0.6 is 0 Å². The Kier molecular flexibility index (Phi) is 10.9. The smallest absolute Gasteiger partial charge is 0.407 e. The van der Waals surface area contributed by atoms with Crippen LogP contribution in [0.4, 0.5) is 4.79 Å². The first-order valence-corrected chi connectivity index (χ1v) is 19.7. The minimum Gasteiger partial charge on any atom is -0.497 e. The number of amides is 1. The molecule has 14 nitrogen and oxygen atoms in total. The molecule has 5 aromatic rings. The van der Waals surface area contributed by atoms with Gasteiger partial charge in [-0.15, -0.1) is 0 Å². The summed E-state index contributed by atoms with van der Waals surface area (Å²) in [5.41, 5.74) is 6.97. The van der Waals surface area contributed by atoms with Crippen LogP contribution in [0.3, 0.4) is 0 Å². The number of aliphatic hydroxyl groups excluding tert-OH is 1. The molecule has 0 spiro atoms. The molecule has 1 amide bonds. The van der Waals surface area contributed by atoms with Crippen LogP contribution in [0.25, 0.3) is 44.7 Å². The van der Waals surface area contributed by atoms with Gasteiger partial charge in [0.05, 0.1) is 73.4 Å². The number of methoxy groups -OCH3 is 3. The number of hydrogen-bond donors (Lipinski definition) is 5. The number of carbonyl (C=O) groups is 1. The van der Waals surface area contributed by atoms with Crippen LogP contribution in [0.2, 0.25) is 0 Å². The number of aromatic amines is 2. The largest absolute Gasteiger partial charge is 0.497 e. The molecule has 0 saturated carbocycles. The molecular formula is C43H52N8O6. The number of nitrogens with zero attached hydrogens (tertiary/aromatic N) is 4. The number of imidazole rings is 2. The normalized spacial score (nSPS) is 21.2. The molecule has 7 atom stereocenters. The topological polar surface area (TPSA) is 164 Å². The summed E-state index contributed by atoms with van der Waals surface area (Å²) >= 11 is 0. The lowest BCUT2D eigenvalue weighted by Gasteiger charge is -2.36. The molecule has 3 aliphatic rings. The lowest BCUT2D eigenvalue weighted by Crippen LogP contribution is -2.56. The number of benzene rings is 2. The van der Waals surface area contributed by atoms with E-state index in [4.69, 9.17) is 23.9 Å². The molecule has 5 N–H and O–H groups in total. The van der Waals surface area contributed by atoms with Gasteiger partial charge in [0.2, 0.25) is 0 Å². The van der Waals surface area contributed by atoms with Gasteiger partial charge in [-0.25, -0.2) is 14.8 Å². The zero-order chi connectivity index (χ0) is 39.8. The molecule has 2 aliphatic heterocycles. The van der Waals surface area contributed by atoms with E-state index in [1.54, 1.807) is 14.2 Å². The molecule has 0 bridgehead atoms.